The van der Waals surface area contributed by atoms with E-state index in [9.17, 15) is 9.90 Å². The van der Waals surface area contributed by atoms with Crippen LogP contribution < -0.4 is 0 Å². The molecule has 0 heterocycles. The minimum absolute atomic E-state index is 0.176. The molecule has 0 bridgehead atoms. The molecule has 1 unspecified atom stereocenters. The van der Waals surface area contributed by atoms with Gasteiger partial charge in [-0.15, -0.1) is 0 Å². The van der Waals surface area contributed by atoms with Gasteiger partial charge < -0.3 is 9.84 Å². The Labute approximate surface area is 160 Å². The number of carbonyl (C=O) groups is 1. The number of rotatable bonds is 9. The zero-order chi connectivity index (χ0) is 19.9. The molecule has 0 spiro atoms. The van der Waals surface area contributed by atoms with Gasteiger partial charge in [-0.05, 0) is 48.3 Å². The number of carbonyl (C=O) groups excluding carboxylic acids is 1. The number of unbranched alkanes of at least 4 members (excludes halogenated alkanes) is 3. The summed E-state index contributed by atoms with van der Waals surface area (Å²) in [4.78, 5) is 12.4. The molecule has 3 heteroatoms. The lowest BCUT2D eigenvalue weighted by molar-refractivity contribution is -0.145. The fourth-order valence-electron chi connectivity index (χ4n) is 3.07. The number of phenols is 1. The zero-order valence-electron chi connectivity index (χ0n) is 17.8. The van der Waals surface area contributed by atoms with Crippen LogP contribution in [0.4, 0.5) is 0 Å². The molecular formula is C23H38O3. The summed E-state index contributed by atoms with van der Waals surface area (Å²) in [5, 5.41) is 10.3. The molecule has 0 radical (unpaired) electrons. The van der Waals surface area contributed by atoms with Crippen molar-refractivity contribution >= 4 is 5.97 Å². The van der Waals surface area contributed by atoms with Crippen molar-refractivity contribution in [3.8, 4) is 5.75 Å². The molecule has 0 aliphatic rings. The van der Waals surface area contributed by atoms with Crippen LogP contribution in [0.1, 0.15) is 96.3 Å². The first kappa shape index (κ1) is 22.5. The average Bonchev–Trinajstić information content (AvgIpc) is 2.54. The van der Waals surface area contributed by atoms with Crippen molar-refractivity contribution < 1.29 is 14.6 Å². The van der Waals surface area contributed by atoms with E-state index < -0.39 is 0 Å². The summed E-state index contributed by atoms with van der Waals surface area (Å²) in [5.41, 5.74) is 2.41. The van der Waals surface area contributed by atoms with Crippen molar-refractivity contribution in [1.82, 2.24) is 0 Å². The van der Waals surface area contributed by atoms with Crippen molar-refractivity contribution in [2.75, 3.05) is 6.61 Å². The summed E-state index contributed by atoms with van der Waals surface area (Å²) < 4.78 is 5.48. The Morgan fingerprint density at radius 2 is 1.69 bits per heavy atom. The normalized spacial score (nSPS) is 13.1. The summed E-state index contributed by atoms with van der Waals surface area (Å²) >= 11 is 0. The van der Waals surface area contributed by atoms with E-state index in [4.69, 9.17) is 4.74 Å². The van der Waals surface area contributed by atoms with E-state index in [1.54, 1.807) is 0 Å². The van der Waals surface area contributed by atoms with Gasteiger partial charge in [-0.1, -0.05) is 72.4 Å². The molecule has 1 rings (SSSR count). The number of aromatic hydroxyl groups is 1. The molecule has 148 valence electrons. The van der Waals surface area contributed by atoms with Gasteiger partial charge in [-0.2, -0.15) is 0 Å². The van der Waals surface area contributed by atoms with Gasteiger partial charge >= 0.3 is 5.97 Å². The second-order valence-electron chi connectivity index (χ2n) is 8.97. The number of esters is 1. The molecule has 0 aliphatic heterocycles. The molecular weight excluding hydrogens is 324 g/mol. The number of hydrogen-bond donors (Lipinski definition) is 1. The molecule has 0 amide bonds. The highest BCUT2D eigenvalue weighted by Gasteiger charge is 2.24. The van der Waals surface area contributed by atoms with Crippen LogP contribution in [0.25, 0.3) is 0 Å². The lowest BCUT2D eigenvalue weighted by atomic mass is 9.82. The van der Waals surface area contributed by atoms with Gasteiger partial charge in [0.05, 0.1) is 12.5 Å². The summed E-state index contributed by atoms with van der Waals surface area (Å²) in [7, 11) is 0. The molecule has 1 aromatic carbocycles. The first-order chi connectivity index (χ1) is 12.0. The van der Waals surface area contributed by atoms with Crippen molar-refractivity contribution in [1.29, 1.82) is 0 Å². The molecule has 1 aromatic rings. The van der Waals surface area contributed by atoms with Gasteiger partial charge in [0.25, 0.3) is 0 Å². The lowest BCUT2D eigenvalue weighted by Gasteiger charge is -2.24. The fraction of sp³-hybridized carbons (Fsp3) is 0.696. The molecule has 0 aliphatic carbocycles. The molecule has 0 saturated heterocycles. The highest BCUT2D eigenvalue weighted by molar-refractivity contribution is 5.78. The van der Waals surface area contributed by atoms with E-state index in [0.29, 0.717) is 12.4 Å². The number of aryl methyl sites for hydroxylation is 1. The molecule has 0 saturated carbocycles. The van der Waals surface area contributed by atoms with E-state index in [1.807, 2.05) is 26.0 Å². The van der Waals surface area contributed by atoms with E-state index in [-0.39, 0.29) is 17.3 Å². The predicted octanol–water partition coefficient (Wildman–Crippen LogP) is 6.25. The van der Waals surface area contributed by atoms with Crippen LogP contribution in [0, 0.1) is 12.8 Å². The minimum atomic E-state index is -0.323. The topological polar surface area (TPSA) is 46.5 Å². The number of hydrogen-bond acceptors (Lipinski definition) is 3. The van der Waals surface area contributed by atoms with Gasteiger partial charge in [0.1, 0.15) is 5.75 Å². The Morgan fingerprint density at radius 1 is 1.08 bits per heavy atom. The van der Waals surface area contributed by atoms with E-state index >= 15 is 0 Å². The van der Waals surface area contributed by atoms with Crippen molar-refractivity contribution in [3.05, 3.63) is 28.8 Å². The quantitative estimate of drug-likeness (QED) is 0.417. The molecule has 0 aromatic heterocycles. The van der Waals surface area contributed by atoms with Crippen LogP contribution in [-0.4, -0.2) is 17.7 Å². The molecule has 26 heavy (non-hydrogen) atoms. The fourth-order valence-corrected chi connectivity index (χ4v) is 3.07. The Morgan fingerprint density at radius 3 is 2.27 bits per heavy atom. The summed E-state index contributed by atoms with van der Waals surface area (Å²) in [6, 6.07) is 3.84. The summed E-state index contributed by atoms with van der Waals surface area (Å²) in [5.74, 6) is 0.581. The van der Waals surface area contributed by atoms with Gasteiger partial charge in [-0.3, -0.25) is 4.79 Å². The Kier molecular flexibility index (Phi) is 8.66. The van der Waals surface area contributed by atoms with E-state index in [0.717, 1.165) is 35.4 Å². The first-order valence-electron chi connectivity index (χ1n) is 10.0. The van der Waals surface area contributed by atoms with Gasteiger partial charge in [0.2, 0.25) is 0 Å². The van der Waals surface area contributed by atoms with Crippen LogP contribution in [0.3, 0.4) is 0 Å². The lowest BCUT2D eigenvalue weighted by Crippen LogP contribution is -2.17. The molecule has 0 fully saturated rings. The second-order valence-corrected chi connectivity index (χ2v) is 8.97. The molecule has 3 nitrogen and oxygen atoms in total. The highest BCUT2D eigenvalue weighted by Crippen LogP contribution is 2.36. The highest BCUT2D eigenvalue weighted by atomic mass is 16.5. The Balaban J connectivity index is 2.57. The summed E-state index contributed by atoms with van der Waals surface area (Å²) in [6.45, 7) is 14.9. The van der Waals surface area contributed by atoms with E-state index in [1.165, 1.54) is 19.3 Å². The first-order valence-corrected chi connectivity index (χ1v) is 10.0. The van der Waals surface area contributed by atoms with Crippen LogP contribution in [0.5, 0.6) is 5.75 Å². The van der Waals surface area contributed by atoms with Crippen LogP contribution in [0.15, 0.2) is 12.1 Å². The third-order valence-electron chi connectivity index (χ3n) is 4.90. The van der Waals surface area contributed by atoms with Crippen molar-refractivity contribution in [2.24, 2.45) is 5.92 Å². The Bertz CT molecular complexity index is 582. The van der Waals surface area contributed by atoms with Crippen molar-refractivity contribution in [3.63, 3.8) is 0 Å². The molecule has 1 N–H and O–H groups in total. The minimum Gasteiger partial charge on any atom is -0.507 e. The maximum atomic E-state index is 12.4. The zero-order valence-corrected chi connectivity index (χ0v) is 17.8. The maximum Gasteiger partial charge on any atom is 0.313 e. The number of benzene rings is 1. The number of phenolic OH excluding ortho intramolecular Hbond substituents is 1. The Hall–Kier alpha value is -1.51. The monoisotopic (exact) mass is 362 g/mol. The van der Waals surface area contributed by atoms with Gasteiger partial charge in [0.15, 0.2) is 0 Å². The number of ether oxygens (including phenoxy) is 1. The average molecular weight is 363 g/mol. The summed E-state index contributed by atoms with van der Waals surface area (Å²) in [6.07, 6.45) is 5.77. The predicted molar refractivity (Wildman–Crippen MR) is 109 cm³/mol. The molecule has 1 atom stereocenters. The third-order valence-corrected chi connectivity index (χ3v) is 4.90. The second kappa shape index (κ2) is 9.99. The van der Waals surface area contributed by atoms with E-state index in [2.05, 4.69) is 34.6 Å². The van der Waals surface area contributed by atoms with Crippen LogP contribution in [-0.2, 0) is 14.9 Å². The standard InChI is InChI=1S/C23H38O3/c1-16(2)12-10-8-9-11-13-26-22(25)18(4)19-14-17(3)21(24)20(15-19)23(5,6)7/h14-16,18,24H,8-13H2,1-7H3. The SMILES string of the molecule is Cc1cc(C(C)C(=O)OCCCCCCC(C)C)cc(C(C)(C)C)c1O. The smallest absolute Gasteiger partial charge is 0.313 e. The van der Waals surface area contributed by atoms with Crippen molar-refractivity contribution in [2.45, 2.75) is 91.9 Å². The van der Waals surface area contributed by atoms with Crippen LogP contribution >= 0.6 is 0 Å². The van der Waals surface area contributed by atoms with Gasteiger partial charge in [0, 0.05) is 0 Å². The van der Waals surface area contributed by atoms with Crippen LogP contribution in [0.2, 0.25) is 0 Å². The largest absolute Gasteiger partial charge is 0.507 e. The van der Waals surface area contributed by atoms with Gasteiger partial charge in [-0.25, -0.2) is 0 Å². The maximum absolute atomic E-state index is 12.4. The third kappa shape index (κ3) is 7.01.